The van der Waals surface area contributed by atoms with Crippen molar-refractivity contribution >= 4 is 46.6 Å². The molecule has 1 N–H and O–H groups in total. The average Bonchev–Trinajstić information content (AvgIpc) is 2.76. The van der Waals surface area contributed by atoms with Crippen molar-refractivity contribution in [1.82, 2.24) is 10.2 Å². The van der Waals surface area contributed by atoms with Crippen molar-refractivity contribution in [1.29, 1.82) is 0 Å². The zero-order valence-electron chi connectivity index (χ0n) is 17.5. The molecule has 166 valence electrons. The highest BCUT2D eigenvalue weighted by Gasteiger charge is 2.28. The van der Waals surface area contributed by atoms with Gasteiger partial charge in [-0.15, -0.1) is 0 Å². The average molecular weight is 482 g/mol. The summed E-state index contributed by atoms with van der Waals surface area (Å²) in [7, 11) is 0. The summed E-state index contributed by atoms with van der Waals surface area (Å²) in [6.07, 6.45) is 5.54. The quantitative estimate of drug-likeness (QED) is 0.523. The van der Waals surface area contributed by atoms with Gasteiger partial charge in [-0.1, -0.05) is 78.3 Å². The molecule has 2 amide bonds. The summed E-state index contributed by atoms with van der Waals surface area (Å²) < 4.78 is 0. The van der Waals surface area contributed by atoms with Crippen molar-refractivity contribution in [3.05, 3.63) is 68.7 Å². The molecule has 7 heteroatoms. The summed E-state index contributed by atoms with van der Waals surface area (Å²) in [6, 6.07) is 12.0. The lowest BCUT2D eigenvalue weighted by Crippen LogP contribution is -2.50. The Bertz CT molecular complexity index is 929. The highest BCUT2D eigenvalue weighted by molar-refractivity contribution is 6.42. The first-order valence-electron chi connectivity index (χ1n) is 10.6. The van der Waals surface area contributed by atoms with Crippen LogP contribution in [0.1, 0.15) is 50.2 Å². The highest BCUT2D eigenvalue weighted by atomic mass is 35.5. The Balaban J connectivity index is 1.79. The smallest absolute Gasteiger partial charge is 0.242 e. The van der Waals surface area contributed by atoms with Crippen LogP contribution < -0.4 is 5.32 Å². The maximum Gasteiger partial charge on any atom is 0.242 e. The van der Waals surface area contributed by atoms with E-state index in [1.54, 1.807) is 30.0 Å². The molecule has 2 aromatic carbocycles. The minimum absolute atomic E-state index is 0.113. The summed E-state index contributed by atoms with van der Waals surface area (Å²) in [5, 5.41) is 4.52. The van der Waals surface area contributed by atoms with Gasteiger partial charge in [-0.25, -0.2) is 0 Å². The minimum Gasteiger partial charge on any atom is -0.352 e. The van der Waals surface area contributed by atoms with E-state index >= 15 is 0 Å². The number of nitrogens with zero attached hydrogens (tertiary/aromatic N) is 1. The number of carbonyl (C=O) groups is 2. The molecule has 0 saturated heterocycles. The molecule has 0 spiro atoms. The van der Waals surface area contributed by atoms with Gasteiger partial charge >= 0.3 is 0 Å². The van der Waals surface area contributed by atoms with Crippen LogP contribution >= 0.6 is 34.8 Å². The third-order valence-electron chi connectivity index (χ3n) is 5.76. The topological polar surface area (TPSA) is 49.4 Å². The second-order valence-electron chi connectivity index (χ2n) is 8.06. The van der Waals surface area contributed by atoms with Crippen LogP contribution in [0.3, 0.4) is 0 Å². The second kappa shape index (κ2) is 11.2. The number of benzene rings is 2. The van der Waals surface area contributed by atoms with E-state index in [0.29, 0.717) is 15.1 Å². The van der Waals surface area contributed by atoms with E-state index in [-0.39, 0.29) is 30.8 Å². The van der Waals surface area contributed by atoms with E-state index in [1.165, 1.54) is 6.42 Å². The molecule has 0 aliphatic heterocycles. The highest BCUT2D eigenvalue weighted by Crippen LogP contribution is 2.25. The monoisotopic (exact) mass is 480 g/mol. The van der Waals surface area contributed by atoms with Crippen LogP contribution in [-0.4, -0.2) is 28.8 Å². The Morgan fingerprint density at radius 1 is 1.00 bits per heavy atom. The van der Waals surface area contributed by atoms with Crippen molar-refractivity contribution in [2.75, 3.05) is 0 Å². The molecule has 1 unspecified atom stereocenters. The van der Waals surface area contributed by atoms with Crippen molar-refractivity contribution < 1.29 is 9.59 Å². The Kier molecular flexibility index (Phi) is 8.65. The van der Waals surface area contributed by atoms with Crippen molar-refractivity contribution in [2.24, 2.45) is 0 Å². The van der Waals surface area contributed by atoms with E-state index in [4.69, 9.17) is 34.8 Å². The van der Waals surface area contributed by atoms with Gasteiger partial charge in [0.05, 0.1) is 16.5 Å². The number of hydrogen-bond acceptors (Lipinski definition) is 2. The summed E-state index contributed by atoms with van der Waals surface area (Å²) in [4.78, 5) is 27.9. The Labute approximate surface area is 198 Å². The van der Waals surface area contributed by atoms with Gasteiger partial charge in [0.1, 0.15) is 6.04 Å². The third-order valence-corrected chi connectivity index (χ3v) is 6.86. The van der Waals surface area contributed by atoms with E-state index in [2.05, 4.69) is 5.32 Å². The summed E-state index contributed by atoms with van der Waals surface area (Å²) in [5.41, 5.74) is 1.53. The molecule has 1 fully saturated rings. The first kappa shape index (κ1) is 23.9. The first-order valence-corrected chi connectivity index (χ1v) is 11.8. The zero-order chi connectivity index (χ0) is 22.4. The van der Waals surface area contributed by atoms with Gasteiger partial charge in [-0.05, 0) is 49.1 Å². The Morgan fingerprint density at radius 2 is 1.71 bits per heavy atom. The molecule has 1 aliphatic rings. The Morgan fingerprint density at radius 3 is 2.39 bits per heavy atom. The lowest BCUT2D eigenvalue weighted by Gasteiger charge is -2.31. The third kappa shape index (κ3) is 6.61. The number of halogens is 3. The minimum atomic E-state index is -0.633. The first-order chi connectivity index (χ1) is 14.8. The largest absolute Gasteiger partial charge is 0.352 e. The number of hydrogen-bond donors (Lipinski definition) is 1. The SMILES string of the molecule is CC(C(=O)NC1CCCCC1)N(Cc1ccc(Cl)c(Cl)c1)C(=O)Cc1ccccc1Cl. The number of rotatable bonds is 7. The molecule has 1 aliphatic carbocycles. The van der Waals surface area contributed by atoms with Gasteiger partial charge in [0, 0.05) is 17.6 Å². The van der Waals surface area contributed by atoms with Gasteiger partial charge in [0.2, 0.25) is 11.8 Å². The molecular formula is C24H27Cl3N2O2. The van der Waals surface area contributed by atoms with Gasteiger partial charge in [-0.3, -0.25) is 9.59 Å². The normalized spacial score (nSPS) is 15.4. The molecule has 3 rings (SSSR count). The standard InChI is InChI=1S/C24H27Cl3N2O2/c1-16(24(31)28-19-8-3-2-4-9-19)29(15-17-11-12-21(26)22(27)13-17)23(30)14-18-7-5-6-10-20(18)25/h5-7,10-13,16,19H,2-4,8-9,14-15H2,1H3,(H,28,31). The van der Waals surface area contributed by atoms with Gasteiger partial charge in [0.25, 0.3) is 0 Å². The van der Waals surface area contributed by atoms with Crippen molar-refractivity contribution in [2.45, 2.75) is 64.1 Å². The van der Waals surface area contributed by atoms with Gasteiger partial charge in [-0.2, -0.15) is 0 Å². The molecule has 4 nitrogen and oxygen atoms in total. The van der Waals surface area contributed by atoms with Crippen molar-refractivity contribution in [3.63, 3.8) is 0 Å². The van der Waals surface area contributed by atoms with Crippen LogP contribution in [0.4, 0.5) is 0 Å². The lowest BCUT2D eigenvalue weighted by atomic mass is 9.95. The molecule has 0 aromatic heterocycles. The van der Waals surface area contributed by atoms with Crippen LogP contribution in [0.25, 0.3) is 0 Å². The fourth-order valence-corrected chi connectivity index (χ4v) is 4.42. The molecule has 1 saturated carbocycles. The van der Waals surface area contributed by atoms with Crippen LogP contribution in [0.15, 0.2) is 42.5 Å². The second-order valence-corrected chi connectivity index (χ2v) is 9.28. The maximum absolute atomic E-state index is 13.3. The molecule has 0 bridgehead atoms. The Hall–Kier alpha value is -1.75. The molecule has 31 heavy (non-hydrogen) atoms. The number of carbonyl (C=O) groups excluding carboxylic acids is 2. The number of nitrogens with one attached hydrogen (secondary N) is 1. The fourth-order valence-electron chi connectivity index (χ4n) is 3.89. The van der Waals surface area contributed by atoms with Crippen molar-refractivity contribution in [3.8, 4) is 0 Å². The lowest BCUT2D eigenvalue weighted by molar-refractivity contribution is -0.140. The molecule has 2 aromatic rings. The van der Waals surface area contributed by atoms with Crippen LogP contribution in [0, 0.1) is 0 Å². The van der Waals surface area contributed by atoms with E-state index in [1.807, 2.05) is 24.3 Å². The summed E-state index contributed by atoms with van der Waals surface area (Å²) in [6.45, 7) is 2.01. The van der Waals surface area contributed by atoms with Crippen LogP contribution in [0.2, 0.25) is 15.1 Å². The summed E-state index contributed by atoms with van der Waals surface area (Å²) >= 11 is 18.5. The molecule has 1 atom stereocenters. The molecular weight excluding hydrogens is 455 g/mol. The fraction of sp³-hybridized carbons (Fsp3) is 0.417. The zero-order valence-corrected chi connectivity index (χ0v) is 19.8. The van der Waals surface area contributed by atoms with Gasteiger partial charge in [0.15, 0.2) is 0 Å². The van der Waals surface area contributed by atoms with E-state index in [0.717, 1.165) is 36.8 Å². The summed E-state index contributed by atoms with van der Waals surface area (Å²) in [5.74, 6) is -0.315. The van der Waals surface area contributed by atoms with E-state index < -0.39 is 6.04 Å². The molecule has 0 heterocycles. The number of amides is 2. The van der Waals surface area contributed by atoms with Gasteiger partial charge < -0.3 is 10.2 Å². The van der Waals surface area contributed by atoms with E-state index in [9.17, 15) is 9.59 Å². The predicted molar refractivity (Wildman–Crippen MR) is 127 cm³/mol. The van der Waals surface area contributed by atoms with Crippen LogP contribution in [0.5, 0.6) is 0 Å². The predicted octanol–water partition coefficient (Wildman–Crippen LogP) is 6.06. The maximum atomic E-state index is 13.3. The van der Waals surface area contributed by atoms with Crippen LogP contribution in [-0.2, 0) is 22.6 Å². The molecule has 0 radical (unpaired) electrons.